The Morgan fingerprint density at radius 3 is 2.24 bits per heavy atom. The third-order valence-corrected chi connectivity index (χ3v) is 6.21. The van der Waals surface area contributed by atoms with Crippen molar-refractivity contribution in [2.24, 2.45) is 0 Å². The fourth-order valence-corrected chi connectivity index (χ4v) is 4.00. The number of sulfonamides is 1. The second-order valence-electron chi connectivity index (χ2n) is 6.97. The standard InChI is InChI=1S/C24H26N2O6S/c1-30-20-9-11-21(12-10-20)33(28,29)26-15-14-25-24(27)19-8-13-22(23(16-19)31-2)32-17-18-6-4-3-5-7-18/h3-13,16,26H,14-15,17H2,1-2H3,(H,25,27). The summed E-state index contributed by atoms with van der Waals surface area (Å²) in [6.45, 7) is 0.523. The highest BCUT2D eigenvalue weighted by Crippen LogP contribution is 2.28. The molecule has 3 aromatic rings. The lowest BCUT2D eigenvalue weighted by Crippen LogP contribution is -2.34. The van der Waals surface area contributed by atoms with Gasteiger partial charge in [0.05, 0.1) is 19.1 Å². The quantitative estimate of drug-likeness (QED) is 0.418. The van der Waals surface area contributed by atoms with E-state index in [9.17, 15) is 13.2 Å². The van der Waals surface area contributed by atoms with E-state index in [2.05, 4.69) is 10.0 Å². The van der Waals surface area contributed by atoms with Crippen LogP contribution >= 0.6 is 0 Å². The summed E-state index contributed by atoms with van der Waals surface area (Å²) in [5, 5.41) is 2.69. The van der Waals surface area contributed by atoms with Gasteiger partial charge in [-0.25, -0.2) is 13.1 Å². The van der Waals surface area contributed by atoms with Crippen molar-refractivity contribution in [3.63, 3.8) is 0 Å². The van der Waals surface area contributed by atoms with Gasteiger partial charge in [0.2, 0.25) is 10.0 Å². The molecule has 0 saturated carbocycles. The van der Waals surface area contributed by atoms with Gasteiger partial charge in [0.25, 0.3) is 5.91 Å². The molecule has 8 nitrogen and oxygen atoms in total. The molecule has 0 spiro atoms. The average molecular weight is 471 g/mol. The van der Waals surface area contributed by atoms with Crippen LogP contribution in [0.15, 0.2) is 77.7 Å². The molecule has 0 aliphatic rings. The molecule has 0 unspecified atom stereocenters. The highest BCUT2D eigenvalue weighted by Gasteiger charge is 2.15. The number of carbonyl (C=O) groups is 1. The summed E-state index contributed by atoms with van der Waals surface area (Å²) < 4.78 is 43.3. The van der Waals surface area contributed by atoms with Gasteiger partial charge >= 0.3 is 0 Å². The number of rotatable bonds is 11. The number of benzene rings is 3. The van der Waals surface area contributed by atoms with Crippen molar-refractivity contribution < 1.29 is 27.4 Å². The van der Waals surface area contributed by atoms with E-state index in [-0.39, 0.29) is 23.9 Å². The Balaban J connectivity index is 1.52. The second-order valence-corrected chi connectivity index (χ2v) is 8.74. The largest absolute Gasteiger partial charge is 0.497 e. The van der Waals surface area contributed by atoms with Gasteiger partial charge in [-0.3, -0.25) is 4.79 Å². The van der Waals surface area contributed by atoms with Gasteiger partial charge < -0.3 is 19.5 Å². The maximum absolute atomic E-state index is 12.5. The Kier molecular flexibility index (Phi) is 8.28. The molecule has 3 rings (SSSR count). The summed E-state index contributed by atoms with van der Waals surface area (Å²) in [4.78, 5) is 12.6. The van der Waals surface area contributed by atoms with Crippen LogP contribution in [-0.4, -0.2) is 41.6 Å². The monoisotopic (exact) mass is 470 g/mol. The first-order valence-corrected chi connectivity index (χ1v) is 11.7. The van der Waals surface area contributed by atoms with Crippen LogP contribution < -0.4 is 24.2 Å². The summed E-state index contributed by atoms with van der Waals surface area (Å²) >= 11 is 0. The lowest BCUT2D eigenvalue weighted by Gasteiger charge is -2.13. The molecule has 0 aromatic heterocycles. The lowest BCUT2D eigenvalue weighted by atomic mass is 10.2. The molecule has 0 bridgehead atoms. The zero-order valence-electron chi connectivity index (χ0n) is 18.4. The number of hydrogen-bond acceptors (Lipinski definition) is 6. The second kappa shape index (κ2) is 11.3. The van der Waals surface area contributed by atoms with Crippen molar-refractivity contribution in [2.75, 3.05) is 27.3 Å². The van der Waals surface area contributed by atoms with Gasteiger partial charge in [0.1, 0.15) is 12.4 Å². The number of methoxy groups -OCH3 is 2. The predicted octanol–water partition coefficient (Wildman–Crippen LogP) is 2.99. The number of ether oxygens (including phenoxy) is 3. The molecule has 0 saturated heterocycles. The van der Waals surface area contributed by atoms with Crippen LogP contribution in [0.3, 0.4) is 0 Å². The van der Waals surface area contributed by atoms with Crippen molar-refractivity contribution in [1.29, 1.82) is 0 Å². The number of amides is 1. The molecule has 0 radical (unpaired) electrons. The zero-order chi connectivity index (χ0) is 23.7. The number of hydrogen-bond donors (Lipinski definition) is 2. The number of carbonyl (C=O) groups excluding carboxylic acids is 1. The van der Waals surface area contributed by atoms with Crippen LogP contribution in [0.25, 0.3) is 0 Å². The van der Waals surface area contributed by atoms with Crippen LogP contribution in [0.5, 0.6) is 17.2 Å². The van der Waals surface area contributed by atoms with Crippen molar-refractivity contribution in [1.82, 2.24) is 10.0 Å². The fourth-order valence-electron chi connectivity index (χ4n) is 2.97. The van der Waals surface area contributed by atoms with Gasteiger partial charge in [-0.2, -0.15) is 0 Å². The smallest absolute Gasteiger partial charge is 0.251 e. The Morgan fingerprint density at radius 2 is 1.58 bits per heavy atom. The van der Waals surface area contributed by atoms with E-state index in [1.165, 1.54) is 26.4 Å². The van der Waals surface area contributed by atoms with E-state index in [1.54, 1.807) is 30.3 Å². The normalized spacial score (nSPS) is 11.0. The van der Waals surface area contributed by atoms with Crippen molar-refractivity contribution >= 4 is 15.9 Å². The molecule has 3 aromatic carbocycles. The van der Waals surface area contributed by atoms with E-state index in [0.29, 0.717) is 29.4 Å². The molecule has 0 aliphatic heterocycles. The summed E-state index contributed by atoms with van der Waals surface area (Å²) in [5.74, 6) is 1.16. The Labute approximate surface area is 193 Å². The first-order valence-electron chi connectivity index (χ1n) is 10.2. The third-order valence-electron chi connectivity index (χ3n) is 4.74. The molecule has 174 valence electrons. The molecule has 1 amide bonds. The van der Waals surface area contributed by atoms with Gasteiger partial charge in [0.15, 0.2) is 11.5 Å². The van der Waals surface area contributed by atoms with Crippen LogP contribution in [0.4, 0.5) is 0 Å². The van der Waals surface area contributed by atoms with Crippen molar-refractivity contribution in [3.05, 3.63) is 83.9 Å². The molecular formula is C24H26N2O6S. The molecule has 0 aliphatic carbocycles. The highest BCUT2D eigenvalue weighted by molar-refractivity contribution is 7.89. The maximum Gasteiger partial charge on any atom is 0.251 e. The van der Waals surface area contributed by atoms with Gasteiger partial charge in [-0.05, 0) is 48.0 Å². The van der Waals surface area contributed by atoms with E-state index in [4.69, 9.17) is 14.2 Å². The van der Waals surface area contributed by atoms with Crippen LogP contribution in [0.2, 0.25) is 0 Å². The Bertz CT molecular complexity index is 1170. The minimum atomic E-state index is -3.69. The van der Waals surface area contributed by atoms with Crippen molar-refractivity contribution in [2.45, 2.75) is 11.5 Å². The molecule has 9 heteroatoms. The van der Waals surface area contributed by atoms with Gasteiger partial charge in [0, 0.05) is 18.7 Å². The number of nitrogens with one attached hydrogen (secondary N) is 2. The van der Waals surface area contributed by atoms with E-state index >= 15 is 0 Å². The minimum absolute atomic E-state index is 0.0372. The average Bonchev–Trinajstić information content (AvgIpc) is 2.85. The predicted molar refractivity (Wildman–Crippen MR) is 124 cm³/mol. The first-order chi connectivity index (χ1) is 15.9. The van der Waals surface area contributed by atoms with Crippen molar-refractivity contribution in [3.8, 4) is 17.2 Å². The SMILES string of the molecule is COc1ccc(S(=O)(=O)NCCNC(=O)c2ccc(OCc3ccccc3)c(OC)c2)cc1. The summed E-state index contributed by atoms with van der Waals surface area (Å²) in [6, 6.07) is 20.6. The van der Waals surface area contributed by atoms with Crippen LogP contribution in [-0.2, 0) is 16.6 Å². The molecule has 0 atom stereocenters. The summed E-state index contributed by atoms with van der Waals surface area (Å²) in [7, 11) is -0.681. The molecule has 0 fully saturated rings. The molecule has 2 N–H and O–H groups in total. The maximum atomic E-state index is 12.5. The van der Waals surface area contributed by atoms with E-state index in [0.717, 1.165) is 5.56 Å². The molecular weight excluding hydrogens is 444 g/mol. The summed E-state index contributed by atoms with van der Waals surface area (Å²) in [6.07, 6.45) is 0. The van der Waals surface area contributed by atoms with Gasteiger partial charge in [-0.1, -0.05) is 30.3 Å². The van der Waals surface area contributed by atoms with E-state index < -0.39 is 10.0 Å². The van der Waals surface area contributed by atoms with Crippen LogP contribution in [0.1, 0.15) is 15.9 Å². The first kappa shape index (κ1) is 24.1. The van der Waals surface area contributed by atoms with E-state index in [1.807, 2.05) is 30.3 Å². The van der Waals surface area contributed by atoms with Gasteiger partial charge in [-0.15, -0.1) is 0 Å². The molecule has 0 heterocycles. The van der Waals surface area contributed by atoms with Crippen LogP contribution in [0, 0.1) is 0 Å². The Hall–Kier alpha value is -3.56. The topological polar surface area (TPSA) is 103 Å². The summed E-state index contributed by atoms with van der Waals surface area (Å²) in [5.41, 5.74) is 1.38. The lowest BCUT2D eigenvalue weighted by molar-refractivity contribution is 0.0954. The Morgan fingerprint density at radius 1 is 0.848 bits per heavy atom. The molecule has 33 heavy (non-hydrogen) atoms. The highest BCUT2D eigenvalue weighted by atomic mass is 32.2. The third kappa shape index (κ3) is 6.71. The fraction of sp³-hybridized carbons (Fsp3) is 0.208. The minimum Gasteiger partial charge on any atom is -0.497 e. The zero-order valence-corrected chi connectivity index (χ0v) is 19.2.